The van der Waals surface area contributed by atoms with Gasteiger partial charge >= 0.3 is 5.97 Å². The van der Waals surface area contributed by atoms with E-state index in [2.05, 4.69) is 5.10 Å². The molecule has 3 heterocycles. The summed E-state index contributed by atoms with van der Waals surface area (Å²) in [6, 6.07) is 0. The Hall–Kier alpha value is -1.76. The van der Waals surface area contributed by atoms with Crippen LogP contribution in [-0.4, -0.2) is 52.9 Å². The largest absolute Gasteiger partial charge is 0.477 e. The number of likely N-dealkylation sites (tertiary alicyclic amines) is 1. The summed E-state index contributed by atoms with van der Waals surface area (Å²) in [7, 11) is 0. The molecule has 0 aromatic carbocycles. The van der Waals surface area contributed by atoms with Crippen LogP contribution in [0.4, 0.5) is 0 Å². The van der Waals surface area contributed by atoms with Gasteiger partial charge in [-0.15, -0.1) is 0 Å². The fourth-order valence-corrected chi connectivity index (χ4v) is 3.27. The molecule has 0 N–H and O–H groups in total. The maximum atomic E-state index is 12.7. The molecule has 1 unspecified atom stereocenters. The van der Waals surface area contributed by atoms with Crippen molar-refractivity contribution in [2.75, 3.05) is 26.3 Å². The number of amides is 1. The van der Waals surface area contributed by atoms with E-state index in [0.29, 0.717) is 38.7 Å². The van der Waals surface area contributed by atoms with Crippen molar-refractivity contribution in [3.8, 4) is 5.88 Å². The van der Waals surface area contributed by atoms with Crippen molar-refractivity contribution in [3.63, 3.8) is 0 Å². The van der Waals surface area contributed by atoms with Gasteiger partial charge in [-0.2, -0.15) is 5.10 Å². The van der Waals surface area contributed by atoms with Gasteiger partial charge in [-0.3, -0.25) is 9.59 Å². The quantitative estimate of drug-likeness (QED) is 0.783. The van der Waals surface area contributed by atoms with Gasteiger partial charge in [0.05, 0.1) is 19.1 Å². The Kier molecular flexibility index (Phi) is 4.75. The summed E-state index contributed by atoms with van der Waals surface area (Å²) < 4.78 is 12.2. The highest BCUT2D eigenvalue weighted by Gasteiger charge is 2.33. The number of halogens is 1. The lowest BCUT2D eigenvalue weighted by atomic mass is 9.98. The summed E-state index contributed by atoms with van der Waals surface area (Å²) in [4.78, 5) is 26.3. The first kappa shape index (κ1) is 16.1. The number of hydrogen-bond acceptors (Lipinski definition) is 5. The molecule has 1 atom stereocenters. The van der Waals surface area contributed by atoms with Crippen molar-refractivity contribution in [1.29, 1.82) is 0 Å². The van der Waals surface area contributed by atoms with Gasteiger partial charge in [-0.25, -0.2) is 4.68 Å². The molecule has 0 radical (unpaired) electrons. The minimum absolute atomic E-state index is 0.202. The molecule has 7 nitrogen and oxygen atoms in total. The number of hydrogen-bond donors (Lipinski definition) is 0. The van der Waals surface area contributed by atoms with Crippen molar-refractivity contribution >= 4 is 23.5 Å². The average Bonchev–Trinajstić information content (AvgIpc) is 2.92. The Morgan fingerprint density at radius 3 is 2.96 bits per heavy atom. The Morgan fingerprint density at radius 2 is 2.22 bits per heavy atom. The topological polar surface area (TPSA) is 73.7 Å². The molecule has 0 aliphatic carbocycles. The van der Waals surface area contributed by atoms with E-state index in [9.17, 15) is 9.59 Å². The molecular formula is C15H20ClN3O4. The molecule has 0 spiro atoms. The number of fused-ring (bicyclic) bond motifs is 1. The number of carbonyl (C=O) groups excluding carboxylic acids is 2. The number of piperidine rings is 1. The van der Waals surface area contributed by atoms with Crippen LogP contribution in [0.15, 0.2) is 0 Å². The van der Waals surface area contributed by atoms with Crippen molar-refractivity contribution in [2.24, 2.45) is 5.92 Å². The Bertz CT molecular complexity index is 616. The molecule has 1 aromatic heterocycles. The lowest BCUT2D eigenvalue weighted by Crippen LogP contribution is -2.43. The van der Waals surface area contributed by atoms with Crippen LogP contribution in [0.2, 0.25) is 5.02 Å². The van der Waals surface area contributed by atoms with Crippen LogP contribution >= 0.6 is 11.6 Å². The average molecular weight is 342 g/mol. The first-order valence-corrected chi connectivity index (χ1v) is 8.34. The van der Waals surface area contributed by atoms with E-state index in [1.807, 2.05) is 0 Å². The summed E-state index contributed by atoms with van der Waals surface area (Å²) >= 11 is 6.26. The normalized spacial score (nSPS) is 20.6. The number of aryl methyl sites for hydroxylation is 1. The van der Waals surface area contributed by atoms with E-state index in [-0.39, 0.29) is 28.5 Å². The van der Waals surface area contributed by atoms with Crippen molar-refractivity contribution < 1.29 is 19.1 Å². The maximum Gasteiger partial charge on any atom is 0.310 e. The SMILES string of the molecule is CCOC(=O)C1CCCN(C(=O)c2nn3c(c2Cl)OCCC3)C1. The van der Waals surface area contributed by atoms with Crippen molar-refractivity contribution in [2.45, 2.75) is 32.7 Å². The molecule has 1 fully saturated rings. The van der Waals surface area contributed by atoms with Gasteiger partial charge in [0.25, 0.3) is 5.91 Å². The van der Waals surface area contributed by atoms with Crippen LogP contribution in [0.1, 0.15) is 36.7 Å². The maximum absolute atomic E-state index is 12.7. The minimum Gasteiger partial charge on any atom is -0.477 e. The summed E-state index contributed by atoms with van der Waals surface area (Å²) in [6.45, 7) is 4.33. The highest BCUT2D eigenvalue weighted by molar-refractivity contribution is 6.34. The number of carbonyl (C=O) groups is 2. The third-order valence-corrected chi connectivity index (χ3v) is 4.48. The Morgan fingerprint density at radius 1 is 1.39 bits per heavy atom. The highest BCUT2D eigenvalue weighted by atomic mass is 35.5. The number of aromatic nitrogens is 2. The van der Waals surface area contributed by atoms with E-state index >= 15 is 0 Å². The third-order valence-electron chi connectivity index (χ3n) is 4.13. The van der Waals surface area contributed by atoms with Crippen LogP contribution in [0.25, 0.3) is 0 Å². The van der Waals surface area contributed by atoms with E-state index in [4.69, 9.17) is 21.1 Å². The van der Waals surface area contributed by atoms with Crippen LogP contribution in [0.5, 0.6) is 5.88 Å². The second kappa shape index (κ2) is 6.78. The second-order valence-electron chi connectivity index (χ2n) is 5.74. The second-order valence-corrected chi connectivity index (χ2v) is 6.11. The molecule has 0 bridgehead atoms. The summed E-state index contributed by atoms with van der Waals surface area (Å²) in [6.07, 6.45) is 2.34. The molecule has 126 valence electrons. The standard InChI is InChI=1S/C15H20ClN3O4/c1-2-22-15(21)10-5-3-6-18(9-10)13(20)12-11(16)14-19(17-12)7-4-8-23-14/h10H,2-9H2,1H3. The van der Waals surface area contributed by atoms with Gasteiger partial charge in [0.15, 0.2) is 5.69 Å². The van der Waals surface area contributed by atoms with E-state index in [1.54, 1.807) is 16.5 Å². The van der Waals surface area contributed by atoms with E-state index in [0.717, 1.165) is 19.3 Å². The smallest absolute Gasteiger partial charge is 0.310 e. The molecule has 1 amide bonds. The molecule has 23 heavy (non-hydrogen) atoms. The lowest BCUT2D eigenvalue weighted by Gasteiger charge is -2.31. The fourth-order valence-electron chi connectivity index (χ4n) is 3.00. The predicted molar refractivity (Wildman–Crippen MR) is 82.6 cm³/mol. The minimum atomic E-state index is -0.278. The number of ether oxygens (including phenoxy) is 2. The molecule has 2 aliphatic rings. The summed E-state index contributed by atoms with van der Waals surface area (Å²) in [5.74, 6) is -0.321. The zero-order valence-electron chi connectivity index (χ0n) is 13.1. The molecule has 3 rings (SSSR count). The first-order chi connectivity index (χ1) is 11.1. The van der Waals surface area contributed by atoms with Gasteiger partial charge in [0.1, 0.15) is 5.02 Å². The van der Waals surface area contributed by atoms with Gasteiger partial charge in [0, 0.05) is 26.1 Å². The molecule has 0 saturated carbocycles. The fraction of sp³-hybridized carbons (Fsp3) is 0.667. The van der Waals surface area contributed by atoms with E-state index < -0.39 is 0 Å². The molecule has 1 saturated heterocycles. The number of rotatable bonds is 3. The van der Waals surface area contributed by atoms with Crippen molar-refractivity contribution in [3.05, 3.63) is 10.7 Å². The lowest BCUT2D eigenvalue weighted by molar-refractivity contribution is -0.149. The number of nitrogens with zero attached hydrogens (tertiary/aromatic N) is 3. The summed E-state index contributed by atoms with van der Waals surface area (Å²) in [5.41, 5.74) is 0.202. The summed E-state index contributed by atoms with van der Waals surface area (Å²) in [5, 5.41) is 4.54. The molecule has 8 heteroatoms. The van der Waals surface area contributed by atoms with E-state index in [1.165, 1.54) is 0 Å². The first-order valence-electron chi connectivity index (χ1n) is 7.96. The van der Waals surface area contributed by atoms with Gasteiger partial charge in [0.2, 0.25) is 5.88 Å². The van der Waals surface area contributed by atoms with Crippen LogP contribution < -0.4 is 4.74 Å². The van der Waals surface area contributed by atoms with Crippen molar-refractivity contribution in [1.82, 2.24) is 14.7 Å². The molecule has 1 aromatic rings. The monoisotopic (exact) mass is 341 g/mol. The zero-order chi connectivity index (χ0) is 16.4. The predicted octanol–water partition coefficient (Wildman–Crippen LogP) is 1.73. The van der Waals surface area contributed by atoms with Crippen LogP contribution in [-0.2, 0) is 16.1 Å². The van der Waals surface area contributed by atoms with Crippen LogP contribution in [0, 0.1) is 5.92 Å². The van der Waals surface area contributed by atoms with Gasteiger partial charge in [-0.1, -0.05) is 11.6 Å². The Balaban J connectivity index is 1.75. The Labute approximate surface area is 139 Å². The number of esters is 1. The van der Waals surface area contributed by atoms with Crippen LogP contribution in [0.3, 0.4) is 0 Å². The third kappa shape index (κ3) is 3.15. The van der Waals surface area contributed by atoms with Gasteiger partial charge in [-0.05, 0) is 19.8 Å². The molecule has 2 aliphatic heterocycles. The van der Waals surface area contributed by atoms with Gasteiger partial charge < -0.3 is 14.4 Å². The molecular weight excluding hydrogens is 322 g/mol. The zero-order valence-corrected chi connectivity index (χ0v) is 13.8. The highest BCUT2D eigenvalue weighted by Crippen LogP contribution is 2.32.